The number of ether oxygens (including phenoxy) is 1. The Hall–Kier alpha value is -4.18. The molecule has 1 aromatic heterocycles. The van der Waals surface area contributed by atoms with Gasteiger partial charge in [0.25, 0.3) is 11.6 Å². The van der Waals surface area contributed by atoms with E-state index in [1.807, 2.05) is 32.9 Å². The number of nitro groups is 1. The molecule has 2 heterocycles. The summed E-state index contributed by atoms with van der Waals surface area (Å²) >= 11 is 0. The number of pyridine rings is 1. The average Bonchev–Trinajstić information content (AvgIpc) is 3.00. The maximum atomic E-state index is 13.5. The minimum atomic E-state index is -0.790. The van der Waals surface area contributed by atoms with E-state index in [2.05, 4.69) is 27.4 Å². The van der Waals surface area contributed by atoms with Gasteiger partial charge < -0.3 is 10.1 Å². The first-order valence-corrected chi connectivity index (χ1v) is 14.8. The molecule has 4 rings (SSSR count). The van der Waals surface area contributed by atoms with Crippen molar-refractivity contribution in [2.75, 3.05) is 26.2 Å². The number of carbonyl (C=O) groups is 3. The van der Waals surface area contributed by atoms with Gasteiger partial charge in [-0.25, -0.2) is 0 Å². The number of non-ortho nitro benzene ring substituents is 1. The number of hydrogen-bond donors (Lipinski definition) is 1. The smallest absolute Gasteiger partial charge is 0.313 e. The largest absolute Gasteiger partial charge is 0.466 e. The highest BCUT2D eigenvalue weighted by Crippen LogP contribution is 2.49. The minimum absolute atomic E-state index is 0.00516. The first-order chi connectivity index (χ1) is 20.6. The number of benzene rings is 1. The number of allylic oxidation sites excluding steroid dienone is 4. The third-order valence-electron chi connectivity index (χ3n) is 8.77. The standard InChI is InChI=1S/C33H40N4O6/c1-5-43-32(40)33(27-9-7-6-8-10-27)16-18-36(30(23(33)3)24(4)38)21-22(2)20-35-31(39)29-19-26(15-17-34-29)25-11-13-28(14-12-25)37(41)42/h6-9,11-15,17,19,22-23,27,30H,5,10,16,18,20-21H2,1-4H3,(H,35,39). The average molecular weight is 589 g/mol. The SMILES string of the molecule is CCOC(=O)C1(C2C=CC=CC2)CCN(CC(C)CNC(=O)c2cc(-c3ccc([N+](=O)[O-])cc3)ccn2)C(C(C)=O)C1C. The van der Waals surface area contributed by atoms with E-state index < -0.39 is 16.4 Å². The number of esters is 1. The van der Waals surface area contributed by atoms with E-state index in [0.717, 1.165) is 17.5 Å². The van der Waals surface area contributed by atoms with Crippen LogP contribution in [0.5, 0.6) is 0 Å². The van der Waals surface area contributed by atoms with Gasteiger partial charge in [-0.1, -0.05) is 38.2 Å². The Bertz CT molecular complexity index is 1400. The lowest BCUT2D eigenvalue weighted by Crippen LogP contribution is -2.62. The first kappa shape index (κ1) is 31.7. The van der Waals surface area contributed by atoms with Crippen LogP contribution in [0.15, 0.2) is 66.9 Å². The van der Waals surface area contributed by atoms with Gasteiger partial charge in [0.15, 0.2) is 0 Å². The van der Waals surface area contributed by atoms with Gasteiger partial charge in [0, 0.05) is 38.0 Å². The number of hydrogen-bond acceptors (Lipinski definition) is 8. The molecule has 5 unspecified atom stereocenters. The number of aromatic nitrogens is 1. The summed E-state index contributed by atoms with van der Waals surface area (Å²) in [6, 6.07) is 9.08. The van der Waals surface area contributed by atoms with Gasteiger partial charge in [-0.2, -0.15) is 0 Å². The van der Waals surface area contributed by atoms with E-state index >= 15 is 0 Å². The van der Waals surface area contributed by atoms with Crippen molar-refractivity contribution < 1.29 is 24.0 Å². The lowest BCUT2D eigenvalue weighted by Gasteiger charge is -2.52. The topological polar surface area (TPSA) is 132 Å². The van der Waals surface area contributed by atoms with Gasteiger partial charge in [0.2, 0.25) is 0 Å². The summed E-state index contributed by atoms with van der Waals surface area (Å²) in [4.78, 5) is 56.4. The molecule has 1 fully saturated rings. The molecular formula is C33H40N4O6. The minimum Gasteiger partial charge on any atom is -0.466 e. The molecule has 1 aromatic carbocycles. The number of Topliss-reactive ketones (excluding diaryl/α,β-unsaturated/α-hetero) is 1. The summed E-state index contributed by atoms with van der Waals surface area (Å²) in [7, 11) is 0. The Kier molecular flexibility index (Phi) is 10.2. The van der Waals surface area contributed by atoms with Crippen LogP contribution >= 0.6 is 0 Å². The van der Waals surface area contributed by atoms with Crippen LogP contribution < -0.4 is 5.32 Å². The summed E-state index contributed by atoms with van der Waals surface area (Å²) in [6.45, 7) is 9.21. The van der Waals surface area contributed by atoms with Crippen molar-refractivity contribution in [2.45, 2.75) is 46.6 Å². The highest BCUT2D eigenvalue weighted by atomic mass is 16.6. The third-order valence-corrected chi connectivity index (χ3v) is 8.77. The molecule has 5 atom stereocenters. The molecule has 10 nitrogen and oxygen atoms in total. The van der Waals surface area contributed by atoms with Crippen molar-refractivity contribution >= 4 is 23.3 Å². The Morgan fingerprint density at radius 3 is 2.56 bits per heavy atom. The van der Waals surface area contributed by atoms with Crippen LogP contribution in [0.25, 0.3) is 11.1 Å². The Morgan fingerprint density at radius 2 is 1.93 bits per heavy atom. The molecular weight excluding hydrogens is 548 g/mol. The zero-order valence-corrected chi connectivity index (χ0v) is 25.2. The lowest BCUT2D eigenvalue weighted by atomic mass is 9.58. The highest BCUT2D eigenvalue weighted by molar-refractivity contribution is 5.93. The summed E-state index contributed by atoms with van der Waals surface area (Å²) in [5.74, 6) is -0.830. The fourth-order valence-corrected chi connectivity index (χ4v) is 6.63. The van der Waals surface area contributed by atoms with Gasteiger partial charge in [-0.3, -0.25) is 34.4 Å². The fraction of sp³-hybridized carbons (Fsp3) is 0.455. The Morgan fingerprint density at radius 1 is 1.19 bits per heavy atom. The van der Waals surface area contributed by atoms with Crippen molar-refractivity contribution in [2.24, 2.45) is 23.2 Å². The van der Waals surface area contributed by atoms with Crippen LogP contribution in [0.2, 0.25) is 0 Å². The summed E-state index contributed by atoms with van der Waals surface area (Å²) in [5.41, 5.74) is 0.910. The number of rotatable bonds is 11. The van der Waals surface area contributed by atoms with E-state index in [9.17, 15) is 24.5 Å². The predicted octanol–water partition coefficient (Wildman–Crippen LogP) is 5.00. The van der Waals surface area contributed by atoms with Crippen molar-refractivity contribution in [1.29, 1.82) is 0 Å². The first-order valence-electron chi connectivity index (χ1n) is 14.8. The van der Waals surface area contributed by atoms with Gasteiger partial charge in [-0.05, 0) is 79.8 Å². The molecule has 10 heteroatoms. The van der Waals surface area contributed by atoms with Crippen molar-refractivity contribution in [3.05, 3.63) is 82.7 Å². The molecule has 1 aliphatic heterocycles. The maximum absolute atomic E-state index is 13.5. The van der Waals surface area contributed by atoms with Gasteiger partial charge in [0.1, 0.15) is 11.5 Å². The predicted molar refractivity (Wildman–Crippen MR) is 163 cm³/mol. The van der Waals surface area contributed by atoms with E-state index in [1.54, 1.807) is 31.2 Å². The van der Waals surface area contributed by atoms with Gasteiger partial charge in [-0.15, -0.1) is 0 Å². The van der Waals surface area contributed by atoms with E-state index in [0.29, 0.717) is 26.1 Å². The monoisotopic (exact) mass is 588 g/mol. The van der Waals surface area contributed by atoms with Crippen LogP contribution in [0.3, 0.4) is 0 Å². The number of amides is 1. The summed E-state index contributed by atoms with van der Waals surface area (Å²) in [6.07, 6.45) is 10.9. The molecule has 0 bridgehead atoms. The van der Waals surface area contributed by atoms with E-state index in [4.69, 9.17) is 4.74 Å². The van der Waals surface area contributed by atoms with Crippen molar-refractivity contribution in [3.63, 3.8) is 0 Å². The second kappa shape index (κ2) is 13.9. The van der Waals surface area contributed by atoms with Crippen molar-refractivity contribution in [1.82, 2.24) is 15.2 Å². The molecule has 228 valence electrons. The zero-order chi connectivity index (χ0) is 31.1. The fourth-order valence-electron chi connectivity index (χ4n) is 6.63. The zero-order valence-electron chi connectivity index (χ0n) is 25.2. The number of piperidine rings is 1. The lowest BCUT2D eigenvalue weighted by molar-refractivity contribution is -0.384. The quantitative estimate of drug-likeness (QED) is 0.220. The van der Waals surface area contributed by atoms with Crippen LogP contribution in [-0.2, 0) is 14.3 Å². The number of nitro benzene ring substituents is 1. The molecule has 0 saturated carbocycles. The van der Waals surface area contributed by atoms with Crippen LogP contribution in [0.4, 0.5) is 5.69 Å². The second-order valence-corrected chi connectivity index (χ2v) is 11.6. The molecule has 0 spiro atoms. The molecule has 2 aromatic rings. The highest BCUT2D eigenvalue weighted by Gasteiger charge is 2.56. The van der Waals surface area contributed by atoms with E-state index in [1.165, 1.54) is 18.3 Å². The summed E-state index contributed by atoms with van der Waals surface area (Å²) in [5, 5.41) is 13.9. The van der Waals surface area contributed by atoms with Crippen LogP contribution in [0, 0.1) is 33.3 Å². The van der Waals surface area contributed by atoms with Crippen LogP contribution in [-0.4, -0.2) is 64.7 Å². The van der Waals surface area contributed by atoms with Gasteiger partial charge in [0.05, 0.1) is 23.0 Å². The molecule has 1 aliphatic carbocycles. The number of ketones is 1. The molecule has 2 aliphatic rings. The normalized spacial score (nSPS) is 24.2. The number of nitrogens with one attached hydrogen (secondary N) is 1. The summed E-state index contributed by atoms with van der Waals surface area (Å²) < 4.78 is 5.60. The number of likely N-dealkylation sites (tertiary alicyclic amines) is 1. The third kappa shape index (κ3) is 6.91. The molecule has 1 saturated heterocycles. The van der Waals surface area contributed by atoms with E-state index in [-0.39, 0.29) is 53.4 Å². The number of nitrogens with zero attached hydrogens (tertiary/aromatic N) is 3. The maximum Gasteiger partial charge on any atom is 0.313 e. The number of carbonyl (C=O) groups excluding carboxylic acids is 3. The molecule has 0 radical (unpaired) electrons. The molecule has 1 N–H and O–H groups in total. The Labute approximate surface area is 252 Å². The van der Waals surface area contributed by atoms with Crippen LogP contribution in [0.1, 0.15) is 51.0 Å². The molecule has 1 amide bonds. The second-order valence-electron chi connectivity index (χ2n) is 11.6. The molecule has 43 heavy (non-hydrogen) atoms. The Balaban J connectivity index is 1.42. The van der Waals surface area contributed by atoms with Crippen molar-refractivity contribution in [3.8, 4) is 11.1 Å². The van der Waals surface area contributed by atoms with Gasteiger partial charge >= 0.3 is 5.97 Å².